The van der Waals surface area contributed by atoms with Crippen LogP contribution in [-0.4, -0.2) is 17.5 Å². The van der Waals surface area contributed by atoms with Crippen molar-refractivity contribution >= 4 is 11.4 Å². The lowest BCUT2D eigenvalue weighted by molar-refractivity contribution is -0.385. The van der Waals surface area contributed by atoms with E-state index < -0.39 is 4.92 Å². The van der Waals surface area contributed by atoms with Crippen LogP contribution in [0, 0.1) is 21.4 Å². The Morgan fingerprint density at radius 3 is 2.68 bits per heavy atom. The molecule has 0 heterocycles. The van der Waals surface area contributed by atoms with Gasteiger partial charge < -0.3 is 4.90 Å². The molecule has 0 aliphatic heterocycles. The van der Waals surface area contributed by atoms with Crippen LogP contribution in [-0.2, 0) is 0 Å². The lowest BCUT2D eigenvalue weighted by Gasteiger charge is -2.30. The molecule has 0 saturated heterocycles. The van der Waals surface area contributed by atoms with Crippen LogP contribution in [0.5, 0.6) is 0 Å². The second kappa shape index (κ2) is 5.70. The number of rotatable bonds is 4. The van der Waals surface area contributed by atoms with Crippen molar-refractivity contribution in [3.63, 3.8) is 0 Å². The van der Waals surface area contributed by atoms with Gasteiger partial charge in [0.15, 0.2) is 0 Å². The van der Waals surface area contributed by atoms with Crippen molar-refractivity contribution in [1.82, 2.24) is 0 Å². The largest absolute Gasteiger partial charge is 0.369 e. The highest BCUT2D eigenvalue weighted by Crippen LogP contribution is 2.30. The highest BCUT2D eigenvalue weighted by molar-refractivity contribution is 5.60. The van der Waals surface area contributed by atoms with Crippen molar-refractivity contribution in [1.29, 1.82) is 5.26 Å². The van der Waals surface area contributed by atoms with Crippen LogP contribution in [0.4, 0.5) is 11.4 Å². The second-order valence-corrected chi connectivity index (χ2v) is 4.79. The highest BCUT2D eigenvalue weighted by Gasteiger charge is 2.23. The third-order valence-electron chi connectivity index (χ3n) is 3.74. The third kappa shape index (κ3) is 2.68. The Balaban J connectivity index is 2.33. The number of hydrogen-bond acceptors (Lipinski definition) is 4. The molecule has 0 amide bonds. The predicted molar refractivity (Wildman–Crippen MR) is 73.1 cm³/mol. The summed E-state index contributed by atoms with van der Waals surface area (Å²) in [5.74, 6) is 0. The fourth-order valence-electron chi connectivity index (χ4n) is 2.82. The van der Waals surface area contributed by atoms with E-state index in [-0.39, 0.29) is 11.3 Å². The molecular formula is C14H17N3O2. The maximum Gasteiger partial charge on any atom is 0.287 e. The zero-order chi connectivity index (χ0) is 13.8. The fourth-order valence-corrected chi connectivity index (χ4v) is 2.82. The van der Waals surface area contributed by atoms with Gasteiger partial charge in [0.25, 0.3) is 5.69 Å². The van der Waals surface area contributed by atoms with Crippen LogP contribution in [0.3, 0.4) is 0 Å². The molecule has 0 radical (unpaired) electrons. The molecule has 1 fully saturated rings. The first-order chi connectivity index (χ1) is 9.17. The van der Waals surface area contributed by atoms with Crippen LogP contribution < -0.4 is 4.90 Å². The molecule has 1 aromatic rings. The van der Waals surface area contributed by atoms with E-state index in [2.05, 4.69) is 11.8 Å². The van der Waals surface area contributed by atoms with Crippen molar-refractivity contribution < 1.29 is 4.92 Å². The smallest absolute Gasteiger partial charge is 0.287 e. The minimum absolute atomic E-state index is 0.117. The molecule has 0 aromatic heterocycles. The molecule has 1 aliphatic rings. The third-order valence-corrected chi connectivity index (χ3v) is 3.74. The first-order valence-corrected chi connectivity index (χ1v) is 6.62. The average Bonchev–Trinajstić information content (AvgIpc) is 2.93. The average molecular weight is 259 g/mol. The van der Waals surface area contributed by atoms with Crippen LogP contribution in [0.15, 0.2) is 18.2 Å². The Hall–Kier alpha value is -2.09. The van der Waals surface area contributed by atoms with Crippen LogP contribution in [0.2, 0.25) is 0 Å². The number of nitro benzene ring substituents is 1. The van der Waals surface area contributed by atoms with Crippen LogP contribution >= 0.6 is 0 Å². The van der Waals surface area contributed by atoms with E-state index in [9.17, 15) is 10.1 Å². The first kappa shape index (κ1) is 13.3. The van der Waals surface area contributed by atoms with E-state index in [0.29, 0.717) is 6.04 Å². The van der Waals surface area contributed by atoms with Crippen molar-refractivity contribution in [2.75, 3.05) is 11.4 Å². The molecule has 5 nitrogen and oxygen atoms in total. The highest BCUT2D eigenvalue weighted by atomic mass is 16.6. The van der Waals surface area contributed by atoms with Gasteiger partial charge in [-0.25, -0.2) is 0 Å². The van der Waals surface area contributed by atoms with Gasteiger partial charge in [-0.2, -0.15) is 5.26 Å². The lowest BCUT2D eigenvalue weighted by Crippen LogP contribution is -2.32. The Labute approximate surface area is 112 Å². The van der Waals surface area contributed by atoms with E-state index in [1.165, 1.54) is 18.9 Å². The quantitative estimate of drug-likeness (QED) is 0.614. The summed E-state index contributed by atoms with van der Waals surface area (Å²) >= 11 is 0. The molecule has 0 bridgehead atoms. The molecular weight excluding hydrogens is 242 g/mol. The topological polar surface area (TPSA) is 70.2 Å². The number of benzene rings is 1. The van der Waals surface area contributed by atoms with Gasteiger partial charge in [-0.15, -0.1) is 0 Å². The number of anilines is 1. The molecule has 19 heavy (non-hydrogen) atoms. The molecule has 2 rings (SSSR count). The first-order valence-electron chi connectivity index (χ1n) is 6.62. The number of hydrogen-bond donors (Lipinski definition) is 0. The Bertz CT molecular complexity index is 516. The summed E-state index contributed by atoms with van der Waals surface area (Å²) in [5, 5.41) is 19.9. The summed E-state index contributed by atoms with van der Waals surface area (Å²) in [4.78, 5) is 12.6. The fraction of sp³-hybridized carbons (Fsp3) is 0.500. The maximum atomic E-state index is 10.8. The summed E-state index contributed by atoms with van der Waals surface area (Å²) in [6, 6.07) is 7.24. The van der Waals surface area contributed by atoms with Crippen molar-refractivity contribution in [2.45, 2.75) is 38.6 Å². The van der Waals surface area contributed by atoms with Gasteiger partial charge in [-0.1, -0.05) is 12.8 Å². The van der Waals surface area contributed by atoms with Gasteiger partial charge in [0.05, 0.1) is 4.92 Å². The van der Waals surface area contributed by atoms with E-state index in [0.717, 1.165) is 25.1 Å². The summed E-state index contributed by atoms with van der Waals surface area (Å²) in [6.45, 7) is 2.93. The summed E-state index contributed by atoms with van der Waals surface area (Å²) < 4.78 is 0. The predicted octanol–water partition coefficient (Wildman–Crippen LogP) is 3.24. The molecule has 1 aliphatic carbocycles. The van der Waals surface area contributed by atoms with Gasteiger partial charge in [-0.3, -0.25) is 10.1 Å². The standard InChI is InChI=1S/C14H17N3O2/c1-2-16(12-5-3-4-6-12)13-7-8-14(17(18)19)11(9-13)10-15/h7-9,12H,2-6H2,1H3. The number of nitrogens with zero attached hydrogens (tertiary/aromatic N) is 3. The summed E-state index contributed by atoms with van der Waals surface area (Å²) in [6.07, 6.45) is 4.79. The molecule has 1 saturated carbocycles. The molecule has 5 heteroatoms. The van der Waals surface area contributed by atoms with E-state index in [4.69, 9.17) is 5.26 Å². The van der Waals surface area contributed by atoms with Crippen molar-refractivity contribution in [3.8, 4) is 6.07 Å². The maximum absolute atomic E-state index is 10.8. The molecule has 0 spiro atoms. The van der Waals surface area contributed by atoms with Crippen molar-refractivity contribution in [2.24, 2.45) is 0 Å². The minimum atomic E-state index is -0.506. The van der Waals surface area contributed by atoms with Crippen LogP contribution in [0.25, 0.3) is 0 Å². The van der Waals surface area contributed by atoms with Crippen LogP contribution in [0.1, 0.15) is 38.2 Å². The van der Waals surface area contributed by atoms with Gasteiger partial charge in [0.1, 0.15) is 11.6 Å². The molecule has 100 valence electrons. The normalized spacial score (nSPS) is 15.2. The van der Waals surface area contributed by atoms with Gasteiger partial charge in [0.2, 0.25) is 0 Å². The SMILES string of the molecule is CCN(c1ccc([N+](=O)[O-])c(C#N)c1)C1CCCC1. The van der Waals surface area contributed by atoms with E-state index in [1.807, 2.05) is 6.07 Å². The zero-order valence-corrected chi connectivity index (χ0v) is 11.0. The number of nitriles is 1. The monoisotopic (exact) mass is 259 g/mol. The van der Waals surface area contributed by atoms with Gasteiger partial charge >= 0.3 is 0 Å². The summed E-state index contributed by atoms with van der Waals surface area (Å²) in [5.41, 5.74) is 0.934. The Morgan fingerprint density at radius 1 is 1.47 bits per heavy atom. The molecule has 0 unspecified atom stereocenters. The lowest BCUT2D eigenvalue weighted by atomic mass is 10.1. The van der Waals surface area contributed by atoms with Gasteiger partial charge in [0, 0.05) is 24.3 Å². The van der Waals surface area contributed by atoms with E-state index in [1.54, 1.807) is 12.1 Å². The second-order valence-electron chi connectivity index (χ2n) is 4.79. The molecule has 0 N–H and O–H groups in total. The Kier molecular flexibility index (Phi) is 4.00. The van der Waals surface area contributed by atoms with E-state index >= 15 is 0 Å². The molecule has 0 atom stereocenters. The zero-order valence-electron chi connectivity index (χ0n) is 11.0. The summed E-state index contributed by atoms with van der Waals surface area (Å²) in [7, 11) is 0. The molecule has 1 aromatic carbocycles. The van der Waals surface area contributed by atoms with Crippen molar-refractivity contribution in [3.05, 3.63) is 33.9 Å². The minimum Gasteiger partial charge on any atom is -0.369 e. The van der Waals surface area contributed by atoms with Gasteiger partial charge in [-0.05, 0) is 31.9 Å². The Morgan fingerprint density at radius 2 is 2.16 bits per heavy atom. The number of nitro groups is 1.